The van der Waals surface area contributed by atoms with Crippen molar-refractivity contribution in [1.82, 2.24) is 9.47 Å². The first-order valence-electron chi connectivity index (χ1n) is 10.9. The van der Waals surface area contributed by atoms with Crippen molar-refractivity contribution in [2.75, 3.05) is 6.54 Å². The van der Waals surface area contributed by atoms with E-state index in [-0.39, 0.29) is 23.6 Å². The Morgan fingerprint density at radius 3 is 2.26 bits per heavy atom. The number of aromatic nitrogens is 1. The smallest absolute Gasteiger partial charge is 0.410 e. The van der Waals surface area contributed by atoms with Crippen molar-refractivity contribution in [3.63, 3.8) is 0 Å². The molecule has 2 atom stereocenters. The van der Waals surface area contributed by atoms with E-state index < -0.39 is 11.2 Å². The number of benzene rings is 1. The van der Waals surface area contributed by atoms with Gasteiger partial charge in [-0.15, -0.1) is 0 Å². The minimum atomic E-state index is -0.910. The van der Waals surface area contributed by atoms with Crippen LogP contribution in [0.1, 0.15) is 59.1 Å². The lowest BCUT2D eigenvalue weighted by atomic mass is 9.77. The van der Waals surface area contributed by atoms with Crippen LogP contribution in [0.25, 0.3) is 11.1 Å². The second kappa shape index (κ2) is 8.50. The number of carbonyl (C=O) groups excluding carboxylic acids is 1. The molecular weight excluding hydrogens is 392 g/mol. The standard InChI is InChI=1S/C25H34N2O4/c1-17(2)25(16-24(4,5)30)12-14-27(23(29)31-25)18(3)19-7-9-20(10-8-19)21-11-13-26(6)22(28)15-21/h7-11,13,15,17-18,30H,12,14,16H2,1-6H3/t18?,25-/m0/s1. The summed E-state index contributed by atoms with van der Waals surface area (Å²) in [7, 11) is 1.73. The number of cyclic esters (lactones) is 1. The normalized spacial score (nSPS) is 20.6. The van der Waals surface area contributed by atoms with Crippen molar-refractivity contribution >= 4 is 6.09 Å². The number of hydrogen-bond donors (Lipinski definition) is 1. The van der Waals surface area contributed by atoms with Crippen LogP contribution in [0.3, 0.4) is 0 Å². The molecular formula is C25H34N2O4. The predicted octanol–water partition coefficient (Wildman–Crippen LogP) is 4.51. The van der Waals surface area contributed by atoms with Crippen LogP contribution in [0.2, 0.25) is 0 Å². The molecule has 0 bridgehead atoms. The summed E-state index contributed by atoms with van der Waals surface area (Å²) < 4.78 is 7.51. The molecule has 1 amide bonds. The van der Waals surface area contributed by atoms with Gasteiger partial charge in [-0.05, 0) is 49.4 Å². The second-order valence-electron chi connectivity index (χ2n) is 9.68. The number of nitrogens with zero attached hydrogens (tertiary/aromatic N) is 2. The molecule has 0 aliphatic carbocycles. The molecule has 1 saturated heterocycles. The first-order valence-corrected chi connectivity index (χ1v) is 10.9. The number of amides is 1. The Bertz CT molecular complexity index is 988. The van der Waals surface area contributed by atoms with E-state index in [0.717, 1.165) is 16.7 Å². The Balaban J connectivity index is 1.76. The SMILES string of the molecule is CC(c1ccc(-c2ccn(C)c(=O)c2)cc1)N1CC[C@](CC(C)(C)O)(C(C)C)OC1=O. The van der Waals surface area contributed by atoms with Gasteiger partial charge in [0.25, 0.3) is 5.56 Å². The third kappa shape index (κ3) is 5.01. The largest absolute Gasteiger partial charge is 0.442 e. The Hall–Kier alpha value is -2.60. The zero-order valence-corrected chi connectivity index (χ0v) is 19.4. The van der Waals surface area contributed by atoms with Crippen molar-refractivity contribution < 1.29 is 14.6 Å². The van der Waals surface area contributed by atoms with Gasteiger partial charge in [-0.25, -0.2) is 4.79 Å². The highest BCUT2D eigenvalue weighted by atomic mass is 16.6. The number of hydrogen-bond acceptors (Lipinski definition) is 4. The quantitative estimate of drug-likeness (QED) is 0.738. The molecule has 0 saturated carbocycles. The highest BCUT2D eigenvalue weighted by Crippen LogP contribution is 2.40. The van der Waals surface area contributed by atoms with E-state index in [1.165, 1.54) is 4.57 Å². The molecule has 3 rings (SSSR count). The average Bonchev–Trinajstić information content (AvgIpc) is 2.68. The lowest BCUT2D eigenvalue weighted by Gasteiger charge is -2.47. The molecule has 1 aliphatic heterocycles. The molecule has 1 fully saturated rings. The van der Waals surface area contributed by atoms with Crippen LogP contribution in [0, 0.1) is 5.92 Å². The van der Waals surface area contributed by atoms with Crippen LogP contribution in [0.5, 0.6) is 0 Å². The molecule has 0 radical (unpaired) electrons. The fourth-order valence-corrected chi connectivity index (χ4v) is 4.37. The van der Waals surface area contributed by atoms with Gasteiger partial charge in [-0.3, -0.25) is 4.79 Å². The first-order chi connectivity index (χ1) is 14.4. The zero-order chi connectivity index (χ0) is 23.0. The van der Waals surface area contributed by atoms with Gasteiger partial charge in [0.2, 0.25) is 0 Å². The lowest BCUT2D eigenvalue weighted by molar-refractivity contribution is -0.119. The van der Waals surface area contributed by atoms with E-state index in [2.05, 4.69) is 0 Å². The average molecular weight is 427 g/mol. The molecule has 2 heterocycles. The minimum absolute atomic E-state index is 0.0503. The number of aliphatic hydroxyl groups is 1. The third-order valence-electron chi connectivity index (χ3n) is 6.38. The molecule has 1 aliphatic rings. The maximum atomic E-state index is 13.0. The van der Waals surface area contributed by atoms with E-state index in [9.17, 15) is 14.7 Å². The van der Waals surface area contributed by atoms with Gasteiger partial charge in [-0.1, -0.05) is 38.1 Å². The Morgan fingerprint density at radius 2 is 1.74 bits per heavy atom. The van der Waals surface area contributed by atoms with Crippen molar-refractivity contribution in [2.45, 2.75) is 64.7 Å². The Kier molecular flexibility index (Phi) is 6.33. The third-order valence-corrected chi connectivity index (χ3v) is 6.38. The monoisotopic (exact) mass is 426 g/mol. The highest BCUT2D eigenvalue weighted by molar-refractivity contribution is 5.70. The van der Waals surface area contributed by atoms with Gasteiger partial charge in [0.1, 0.15) is 5.60 Å². The number of carbonyl (C=O) groups is 1. The topological polar surface area (TPSA) is 71.8 Å². The fraction of sp³-hybridized carbons (Fsp3) is 0.520. The van der Waals surface area contributed by atoms with Gasteiger partial charge >= 0.3 is 6.09 Å². The Labute approximate surface area is 184 Å². The van der Waals surface area contributed by atoms with Gasteiger partial charge in [0.05, 0.1) is 11.6 Å². The molecule has 168 valence electrons. The number of rotatable bonds is 6. The van der Waals surface area contributed by atoms with Crippen LogP contribution in [-0.4, -0.2) is 38.4 Å². The minimum Gasteiger partial charge on any atom is -0.442 e. The molecule has 6 heteroatoms. The predicted molar refractivity (Wildman–Crippen MR) is 122 cm³/mol. The first kappa shape index (κ1) is 23.1. The highest BCUT2D eigenvalue weighted by Gasteiger charge is 2.47. The fourth-order valence-electron chi connectivity index (χ4n) is 4.37. The maximum absolute atomic E-state index is 13.0. The number of pyridine rings is 1. The van der Waals surface area contributed by atoms with E-state index >= 15 is 0 Å². The van der Waals surface area contributed by atoms with E-state index in [4.69, 9.17) is 4.74 Å². The van der Waals surface area contributed by atoms with E-state index in [1.807, 2.05) is 51.1 Å². The van der Waals surface area contributed by atoms with Gasteiger partial charge in [0.15, 0.2) is 0 Å². The lowest BCUT2D eigenvalue weighted by Crippen LogP contribution is -2.55. The van der Waals surface area contributed by atoms with Crippen LogP contribution in [-0.2, 0) is 11.8 Å². The summed E-state index contributed by atoms with van der Waals surface area (Å²) >= 11 is 0. The summed E-state index contributed by atoms with van der Waals surface area (Å²) in [6.07, 6.45) is 2.51. The summed E-state index contributed by atoms with van der Waals surface area (Å²) in [6, 6.07) is 11.3. The summed E-state index contributed by atoms with van der Waals surface area (Å²) in [5, 5.41) is 10.3. The zero-order valence-electron chi connectivity index (χ0n) is 19.4. The molecule has 1 N–H and O–H groups in total. The number of aryl methyl sites for hydroxylation is 1. The maximum Gasteiger partial charge on any atom is 0.410 e. The van der Waals surface area contributed by atoms with Crippen LogP contribution >= 0.6 is 0 Å². The van der Waals surface area contributed by atoms with Crippen molar-refractivity contribution in [3.8, 4) is 11.1 Å². The molecule has 0 spiro atoms. The number of ether oxygens (including phenoxy) is 1. The molecule has 2 aromatic rings. The summed E-state index contributed by atoms with van der Waals surface area (Å²) in [6.45, 7) is 10.1. The molecule has 31 heavy (non-hydrogen) atoms. The molecule has 1 aromatic carbocycles. The summed E-state index contributed by atoms with van der Waals surface area (Å²) in [5.74, 6) is 0.109. The Morgan fingerprint density at radius 1 is 1.10 bits per heavy atom. The summed E-state index contributed by atoms with van der Waals surface area (Å²) in [5.41, 5.74) is 1.21. The van der Waals surface area contributed by atoms with E-state index in [1.54, 1.807) is 38.1 Å². The van der Waals surface area contributed by atoms with Gasteiger partial charge < -0.3 is 19.3 Å². The molecule has 1 unspecified atom stereocenters. The van der Waals surface area contributed by atoms with Crippen molar-refractivity contribution in [1.29, 1.82) is 0 Å². The van der Waals surface area contributed by atoms with Crippen molar-refractivity contribution in [3.05, 3.63) is 58.5 Å². The van der Waals surface area contributed by atoms with E-state index in [0.29, 0.717) is 19.4 Å². The van der Waals surface area contributed by atoms with Crippen LogP contribution in [0.15, 0.2) is 47.4 Å². The van der Waals surface area contributed by atoms with Crippen LogP contribution in [0.4, 0.5) is 4.79 Å². The van der Waals surface area contributed by atoms with Crippen molar-refractivity contribution in [2.24, 2.45) is 13.0 Å². The van der Waals surface area contributed by atoms with Gasteiger partial charge in [0, 0.05) is 38.7 Å². The molecule has 6 nitrogen and oxygen atoms in total. The molecule has 1 aromatic heterocycles. The van der Waals surface area contributed by atoms with Gasteiger partial charge in [-0.2, -0.15) is 0 Å². The van der Waals surface area contributed by atoms with Crippen LogP contribution < -0.4 is 5.56 Å². The second-order valence-corrected chi connectivity index (χ2v) is 9.68. The summed E-state index contributed by atoms with van der Waals surface area (Å²) in [4.78, 5) is 26.6.